The van der Waals surface area contributed by atoms with Gasteiger partial charge >= 0.3 is 0 Å². The summed E-state index contributed by atoms with van der Waals surface area (Å²) < 4.78 is 0. The monoisotopic (exact) mass is 218 g/mol. The van der Waals surface area contributed by atoms with Crippen LogP contribution in [0.2, 0.25) is 0 Å². The Kier molecular flexibility index (Phi) is 2.44. The fraction of sp³-hybridized carbons (Fsp3) is 0.0667. The maximum Gasteiger partial charge on any atom is 0.115 e. The second-order valence-corrected chi connectivity index (χ2v) is 3.81. The molecule has 3 rings (SSSR count). The fourth-order valence-electron chi connectivity index (χ4n) is 1.81. The average molecular weight is 218 g/mol. The molecule has 1 aliphatic rings. The Bertz CT molecular complexity index is 631. The molecule has 0 amide bonds. The predicted octanol–water partition coefficient (Wildman–Crippen LogP) is 2.44. The van der Waals surface area contributed by atoms with Crippen LogP contribution in [0.4, 0.5) is 0 Å². The Balaban J connectivity index is 1.92. The fourth-order valence-corrected chi connectivity index (χ4v) is 1.81. The van der Waals surface area contributed by atoms with Crippen molar-refractivity contribution in [3.05, 3.63) is 65.5 Å². The summed E-state index contributed by atoms with van der Waals surface area (Å²) in [5.74, 6) is 6.20. The molecule has 1 aromatic heterocycles. The van der Waals surface area contributed by atoms with Crippen molar-refractivity contribution in [1.29, 1.82) is 0 Å². The third kappa shape index (κ3) is 1.95. The van der Waals surface area contributed by atoms with Crippen molar-refractivity contribution in [2.24, 2.45) is 4.99 Å². The lowest BCUT2D eigenvalue weighted by Crippen LogP contribution is -1.93. The molecule has 0 N–H and O–H groups in total. The molecule has 17 heavy (non-hydrogen) atoms. The van der Waals surface area contributed by atoms with E-state index in [1.807, 2.05) is 24.3 Å². The lowest BCUT2D eigenvalue weighted by atomic mass is 10.1. The molecule has 0 aliphatic carbocycles. The van der Waals surface area contributed by atoms with Crippen LogP contribution in [0.1, 0.15) is 16.7 Å². The zero-order valence-electron chi connectivity index (χ0n) is 9.22. The predicted molar refractivity (Wildman–Crippen MR) is 67.8 cm³/mol. The molecule has 0 saturated heterocycles. The molecule has 0 atom stereocenters. The first-order chi connectivity index (χ1) is 8.43. The van der Waals surface area contributed by atoms with E-state index in [4.69, 9.17) is 0 Å². The molecular formula is C15H10N2. The highest BCUT2D eigenvalue weighted by Crippen LogP contribution is 2.17. The Labute approximate surface area is 100 Å². The maximum atomic E-state index is 4.44. The van der Waals surface area contributed by atoms with Gasteiger partial charge in [-0.25, -0.2) is 0 Å². The van der Waals surface area contributed by atoms with Crippen LogP contribution in [0.5, 0.6) is 0 Å². The maximum absolute atomic E-state index is 4.44. The quantitative estimate of drug-likeness (QED) is 0.623. The Morgan fingerprint density at radius 3 is 2.82 bits per heavy atom. The molecule has 0 bridgehead atoms. The molecular weight excluding hydrogens is 208 g/mol. The Morgan fingerprint density at radius 2 is 1.94 bits per heavy atom. The summed E-state index contributed by atoms with van der Waals surface area (Å²) >= 11 is 0. The zero-order chi connectivity index (χ0) is 11.5. The average Bonchev–Trinajstić information content (AvgIpc) is 2.81. The topological polar surface area (TPSA) is 25.2 Å². The lowest BCUT2D eigenvalue weighted by Gasteiger charge is -1.95. The van der Waals surface area contributed by atoms with Crippen molar-refractivity contribution in [2.45, 2.75) is 6.54 Å². The van der Waals surface area contributed by atoms with Gasteiger partial charge < -0.3 is 0 Å². The van der Waals surface area contributed by atoms with Crippen molar-refractivity contribution in [2.75, 3.05) is 0 Å². The molecule has 0 radical (unpaired) electrons. The molecule has 2 heteroatoms. The van der Waals surface area contributed by atoms with E-state index >= 15 is 0 Å². The van der Waals surface area contributed by atoms with E-state index in [1.54, 1.807) is 12.4 Å². The summed E-state index contributed by atoms with van der Waals surface area (Å²) in [5, 5.41) is 0. The van der Waals surface area contributed by atoms with E-state index in [0.29, 0.717) is 0 Å². The van der Waals surface area contributed by atoms with Crippen LogP contribution >= 0.6 is 0 Å². The highest BCUT2D eigenvalue weighted by atomic mass is 14.8. The Hall–Kier alpha value is -2.40. The van der Waals surface area contributed by atoms with Gasteiger partial charge in [0.25, 0.3) is 0 Å². The second-order valence-electron chi connectivity index (χ2n) is 3.81. The third-order valence-electron chi connectivity index (χ3n) is 2.67. The van der Waals surface area contributed by atoms with E-state index in [9.17, 15) is 0 Å². The minimum absolute atomic E-state index is 0.743. The largest absolute Gasteiger partial charge is 0.271 e. The van der Waals surface area contributed by atoms with E-state index in [1.165, 1.54) is 5.56 Å². The highest BCUT2D eigenvalue weighted by Gasteiger charge is 2.12. The molecule has 0 saturated carbocycles. The minimum atomic E-state index is 0.743. The summed E-state index contributed by atoms with van der Waals surface area (Å²) in [6, 6.07) is 12.0. The number of hydrogen-bond acceptors (Lipinski definition) is 2. The number of fused-ring (bicyclic) bond motifs is 1. The minimum Gasteiger partial charge on any atom is -0.271 e. The van der Waals surface area contributed by atoms with Gasteiger partial charge in [0.2, 0.25) is 0 Å². The summed E-state index contributed by atoms with van der Waals surface area (Å²) in [7, 11) is 0. The molecule has 2 aromatic rings. The van der Waals surface area contributed by atoms with Crippen LogP contribution < -0.4 is 0 Å². The number of rotatable bonds is 0. The van der Waals surface area contributed by atoms with Crippen molar-refractivity contribution >= 4 is 5.71 Å². The Morgan fingerprint density at radius 1 is 1.00 bits per heavy atom. The van der Waals surface area contributed by atoms with Gasteiger partial charge in [-0.3, -0.25) is 9.98 Å². The van der Waals surface area contributed by atoms with Gasteiger partial charge in [-0.2, -0.15) is 0 Å². The molecule has 0 spiro atoms. The molecule has 2 nitrogen and oxygen atoms in total. The summed E-state index contributed by atoms with van der Waals surface area (Å²) in [5.41, 5.74) is 4.20. The SMILES string of the molecule is C(#Cc1cccnc1)C1=NCc2ccccc21. The number of pyridine rings is 1. The standard InChI is InChI=1S/C15H10N2/c1-2-6-14-13(5-1)11-17-15(14)8-7-12-4-3-9-16-10-12/h1-6,9-10H,11H2. The van der Waals surface area contributed by atoms with Crippen molar-refractivity contribution in [3.63, 3.8) is 0 Å². The molecule has 1 aromatic carbocycles. The number of aliphatic imine (C=N–C) groups is 1. The van der Waals surface area contributed by atoms with Crippen molar-refractivity contribution in [1.82, 2.24) is 4.98 Å². The van der Waals surface area contributed by atoms with Gasteiger partial charge in [-0.15, -0.1) is 0 Å². The van der Waals surface area contributed by atoms with Crippen LogP contribution in [0.15, 0.2) is 53.8 Å². The van der Waals surface area contributed by atoms with E-state index in [-0.39, 0.29) is 0 Å². The van der Waals surface area contributed by atoms with Crippen LogP contribution in [0.25, 0.3) is 0 Å². The summed E-state index contributed by atoms with van der Waals surface area (Å²) in [6.07, 6.45) is 3.50. The molecule has 0 fully saturated rings. The second kappa shape index (κ2) is 4.23. The van der Waals surface area contributed by atoms with Crippen LogP contribution in [0.3, 0.4) is 0 Å². The van der Waals surface area contributed by atoms with E-state index in [0.717, 1.165) is 23.4 Å². The van der Waals surface area contributed by atoms with Gasteiger partial charge in [0.15, 0.2) is 0 Å². The van der Waals surface area contributed by atoms with Gasteiger partial charge in [0, 0.05) is 23.5 Å². The van der Waals surface area contributed by atoms with Gasteiger partial charge in [-0.1, -0.05) is 30.2 Å². The van der Waals surface area contributed by atoms with E-state index in [2.05, 4.69) is 33.9 Å². The summed E-state index contributed by atoms with van der Waals surface area (Å²) in [6.45, 7) is 0.743. The van der Waals surface area contributed by atoms with E-state index < -0.39 is 0 Å². The molecule has 0 unspecified atom stereocenters. The third-order valence-corrected chi connectivity index (χ3v) is 2.67. The summed E-state index contributed by atoms with van der Waals surface area (Å²) in [4.78, 5) is 8.47. The number of aromatic nitrogens is 1. The number of nitrogens with zero attached hydrogens (tertiary/aromatic N) is 2. The van der Waals surface area contributed by atoms with Crippen molar-refractivity contribution in [3.8, 4) is 11.8 Å². The molecule has 2 heterocycles. The lowest BCUT2D eigenvalue weighted by molar-refractivity contribution is 1.11. The van der Waals surface area contributed by atoms with Gasteiger partial charge in [0.05, 0.1) is 6.54 Å². The highest BCUT2D eigenvalue weighted by molar-refractivity contribution is 6.15. The van der Waals surface area contributed by atoms with Crippen LogP contribution in [-0.2, 0) is 6.54 Å². The first-order valence-corrected chi connectivity index (χ1v) is 5.48. The first kappa shape index (κ1) is 9.80. The van der Waals surface area contributed by atoms with Gasteiger partial charge in [-0.05, 0) is 23.6 Å². The zero-order valence-corrected chi connectivity index (χ0v) is 9.22. The van der Waals surface area contributed by atoms with Gasteiger partial charge in [0.1, 0.15) is 5.71 Å². The molecule has 1 aliphatic heterocycles. The number of hydrogen-bond donors (Lipinski definition) is 0. The smallest absolute Gasteiger partial charge is 0.115 e. The number of benzene rings is 1. The van der Waals surface area contributed by atoms with Crippen molar-refractivity contribution < 1.29 is 0 Å². The first-order valence-electron chi connectivity index (χ1n) is 5.48. The molecule has 80 valence electrons. The van der Waals surface area contributed by atoms with Crippen LogP contribution in [0, 0.1) is 11.8 Å². The van der Waals surface area contributed by atoms with Crippen LogP contribution in [-0.4, -0.2) is 10.7 Å². The normalized spacial score (nSPS) is 12.4.